The van der Waals surface area contributed by atoms with Crippen molar-refractivity contribution in [2.24, 2.45) is 5.11 Å². The molecular formula is C54H66F2N10O12S2. The third-order valence-electron chi connectivity index (χ3n) is 10.4. The second-order valence-electron chi connectivity index (χ2n) is 18.9. The van der Waals surface area contributed by atoms with Crippen LogP contribution in [0.5, 0.6) is 0 Å². The van der Waals surface area contributed by atoms with Crippen molar-refractivity contribution in [2.75, 3.05) is 45.7 Å². The van der Waals surface area contributed by atoms with Gasteiger partial charge in [-0.1, -0.05) is 60.7 Å². The number of rotatable bonds is 15. The van der Waals surface area contributed by atoms with E-state index >= 15 is 0 Å². The number of anilines is 1. The summed E-state index contributed by atoms with van der Waals surface area (Å²) in [7, 11) is 2.97. The third kappa shape index (κ3) is 24.5. The Kier molecular flexibility index (Phi) is 28.0. The molecule has 430 valence electrons. The van der Waals surface area contributed by atoms with Gasteiger partial charge in [-0.25, -0.2) is 37.7 Å². The predicted molar refractivity (Wildman–Crippen MR) is 305 cm³/mol. The maximum absolute atomic E-state index is 13.5. The van der Waals surface area contributed by atoms with Crippen LogP contribution in [-0.2, 0) is 36.9 Å². The van der Waals surface area contributed by atoms with Crippen LogP contribution in [0.2, 0.25) is 0 Å². The van der Waals surface area contributed by atoms with E-state index in [0.29, 0.717) is 21.5 Å². The number of azide groups is 1. The number of likely N-dealkylation sites (N-methyl/N-ethyl adjacent to an activating group) is 2. The van der Waals surface area contributed by atoms with Crippen LogP contribution >= 0.6 is 27.0 Å². The Balaban J connectivity index is 0.000000445. The van der Waals surface area contributed by atoms with Crippen molar-refractivity contribution >= 4 is 90.7 Å². The molecule has 4 aromatic carbocycles. The first-order valence-corrected chi connectivity index (χ1v) is 24.0. The van der Waals surface area contributed by atoms with Gasteiger partial charge >= 0.3 is 30.5 Å². The highest BCUT2D eigenvalue weighted by Gasteiger charge is 2.28. The third-order valence-corrected chi connectivity index (χ3v) is 10.4. The zero-order valence-electron chi connectivity index (χ0n) is 45.3. The number of halogens is 2. The first-order valence-electron chi connectivity index (χ1n) is 24.0. The molecule has 0 aliphatic heterocycles. The molecule has 6 amide bonds. The van der Waals surface area contributed by atoms with Crippen LogP contribution in [0.4, 0.5) is 38.6 Å². The zero-order valence-corrected chi connectivity index (χ0v) is 47.3. The lowest BCUT2D eigenvalue weighted by molar-refractivity contribution is 0.0146. The standard InChI is InChI=1S/C27H31FN4O6.C17H26N2O5.C10H5FN4O.2H2S/c1-27(2,3)38-26(35)32(4)22(15-30-24(33)36-16-18-8-6-5-7-9-18)17-37-25(34)31-23-13-20-12-21(28)11-10-19(20)14-29-23;1-17(2,3)24-16(22)19(4)14(11-20)10-18-15(21)23-12-13-8-6-5-7-9-13;11-8-2-1-6-5-13-9(4-7(6)3-8)10(16)14-15-12;;/h5-14,22H,15-17H2,1-4H3,(H,30,33)(H,29,31,34);5-9,14,20H,10-12H2,1-4H3,(H,18,21);1-5H;2*1H2/t22-;14-;;;/m00.../s1. The molecule has 6 rings (SSSR count). The van der Waals surface area contributed by atoms with Gasteiger partial charge in [-0.2, -0.15) is 27.0 Å². The predicted octanol–water partition coefficient (Wildman–Crippen LogP) is 10.3. The van der Waals surface area contributed by atoms with Crippen molar-refractivity contribution in [3.63, 3.8) is 0 Å². The van der Waals surface area contributed by atoms with Crippen molar-refractivity contribution in [3.05, 3.63) is 160 Å². The van der Waals surface area contributed by atoms with Crippen molar-refractivity contribution in [1.29, 1.82) is 0 Å². The lowest BCUT2D eigenvalue weighted by Crippen LogP contribution is -2.49. The molecule has 2 heterocycles. The van der Waals surface area contributed by atoms with Crippen molar-refractivity contribution in [1.82, 2.24) is 30.4 Å². The van der Waals surface area contributed by atoms with E-state index in [1.165, 1.54) is 72.7 Å². The summed E-state index contributed by atoms with van der Waals surface area (Å²) in [5, 5.41) is 22.4. The van der Waals surface area contributed by atoms with Crippen LogP contribution in [0.15, 0.2) is 127 Å². The molecule has 0 radical (unpaired) electrons. The molecule has 0 spiro atoms. The fraction of sp³-hybridized carbons (Fsp3) is 0.333. The average Bonchev–Trinajstić information content (AvgIpc) is 3.39. The van der Waals surface area contributed by atoms with Crippen LogP contribution in [0.25, 0.3) is 32.0 Å². The number of hydrogen-bond donors (Lipinski definition) is 4. The minimum absolute atomic E-state index is 0. The molecule has 0 aliphatic carbocycles. The number of hydrogen-bond acceptors (Lipinski definition) is 14. The molecule has 0 aliphatic rings. The fourth-order valence-corrected chi connectivity index (χ4v) is 6.36. The molecule has 22 nitrogen and oxygen atoms in total. The Morgan fingerprint density at radius 2 is 1.07 bits per heavy atom. The lowest BCUT2D eigenvalue weighted by atomic mass is 10.1. The number of nitrogens with one attached hydrogen (secondary N) is 3. The Bertz CT molecular complexity index is 3040. The summed E-state index contributed by atoms with van der Waals surface area (Å²) in [5.41, 5.74) is 8.40. The molecule has 0 saturated carbocycles. The van der Waals surface area contributed by atoms with Gasteiger partial charge in [-0.05, 0) is 123 Å². The molecule has 0 saturated heterocycles. The van der Waals surface area contributed by atoms with Crippen molar-refractivity contribution in [2.45, 2.75) is 78.0 Å². The normalized spacial score (nSPS) is 11.2. The fourth-order valence-electron chi connectivity index (χ4n) is 6.36. The Hall–Kier alpha value is -8.45. The molecule has 0 bridgehead atoms. The summed E-state index contributed by atoms with van der Waals surface area (Å²) in [6.45, 7) is 10.0. The molecule has 4 N–H and O–H groups in total. The van der Waals surface area contributed by atoms with Gasteiger partial charge in [0.05, 0.1) is 18.7 Å². The van der Waals surface area contributed by atoms with Crippen LogP contribution < -0.4 is 16.0 Å². The van der Waals surface area contributed by atoms with E-state index in [9.17, 15) is 42.7 Å². The average molecular weight is 1150 g/mol. The minimum atomic E-state index is -0.845. The van der Waals surface area contributed by atoms with E-state index in [1.807, 2.05) is 60.7 Å². The summed E-state index contributed by atoms with van der Waals surface area (Å²) >= 11 is 0. The number of alkyl carbamates (subject to hydrolysis) is 2. The molecule has 26 heteroatoms. The minimum Gasteiger partial charge on any atom is -0.447 e. The number of ether oxygens (including phenoxy) is 5. The second kappa shape index (κ2) is 33.1. The monoisotopic (exact) mass is 1150 g/mol. The number of pyridine rings is 2. The van der Waals surface area contributed by atoms with Crippen LogP contribution in [0, 0.1) is 11.6 Å². The number of aliphatic hydroxyl groups excluding tert-OH is 1. The summed E-state index contributed by atoms with van der Waals surface area (Å²) in [6, 6.07) is 28.3. The largest absolute Gasteiger partial charge is 0.447 e. The Morgan fingerprint density at radius 3 is 1.54 bits per heavy atom. The van der Waals surface area contributed by atoms with Crippen LogP contribution in [-0.4, -0.2) is 125 Å². The molecule has 2 aromatic heterocycles. The van der Waals surface area contributed by atoms with E-state index in [0.717, 1.165) is 11.1 Å². The smallest absolute Gasteiger partial charge is 0.412 e. The second-order valence-corrected chi connectivity index (χ2v) is 18.9. The van der Waals surface area contributed by atoms with E-state index < -0.39 is 71.3 Å². The summed E-state index contributed by atoms with van der Waals surface area (Å²) in [4.78, 5) is 84.9. The number of aromatic nitrogens is 2. The maximum atomic E-state index is 13.5. The van der Waals surface area contributed by atoms with E-state index in [1.54, 1.807) is 53.7 Å². The van der Waals surface area contributed by atoms with E-state index in [4.69, 9.17) is 29.2 Å². The van der Waals surface area contributed by atoms with Gasteiger partial charge in [0.1, 0.15) is 54.2 Å². The number of fused-ring (bicyclic) bond motifs is 2. The van der Waals surface area contributed by atoms with Crippen molar-refractivity contribution < 1.29 is 66.3 Å². The van der Waals surface area contributed by atoms with Gasteiger partial charge in [-0.15, -0.1) is 0 Å². The van der Waals surface area contributed by atoms with Gasteiger partial charge in [0.2, 0.25) is 0 Å². The van der Waals surface area contributed by atoms with E-state index in [2.05, 4.69) is 35.9 Å². The molecular weight excluding hydrogens is 1080 g/mol. The Morgan fingerprint density at radius 1 is 0.625 bits per heavy atom. The highest BCUT2D eigenvalue weighted by molar-refractivity contribution is 7.59. The number of nitrogens with zero attached hydrogens (tertiary/aromatic N) is 7. The first kappa shape index (κ1) is 67.7. The number of carbonyl (C=O) groups is 6. The summed E-state index contributed by atoms with van der Waals surface area (Å²) < 4.78 is 52.7. The molecule has 2 atom stereocenters. The van der Waals surface area contributed by atoms with Gasteiger partial charge < -0.3 is 49.2 Å². The highest BCUT2D eigenvalue weighted by Crippen LogP contribution is 2.19. The number of carbonyl (C=O) groups excluding carboxylic acids is 6. The topological polar surface area (TPSA) is 286 Å². The molecule has 0 fully saturated rings. The molecule has 80 heavy (non-hydrogen) atoms. The van der Waals surface area contributed by atoms with E-state index in [-0.39, 0.29) is 78.0 Å². The van der Waals surface area contributed by atoms with Crippen LogP contribution in [0.1, 0.15) is 63.2 Å². The molecule has 0 unspecified atom stereocenters. The highest BCUT2D eigenvalue weighted by atomic mass is 32.1. The molecule has 6 aromatic rings. The number of amides is 6. The van der Waals surface area contributed by atoms with Gasteiger partial charge in [-0.3, -0.25) is 15.1 Å². The van der Waals surface area contributed by atoms with Gasteiger partial charge in [0.25, 0.3) is 5.91 Å². The Labute approximate surface area is 475 Å². The quantitative estimate of drug-likeness (QED) is 0.0322. The van der Waals surface area contributed by atoms with Crippen molar-refractivity contribution in [3.8, 4) is 0 Å². The number of aliphatic hydroxyl groups is 1. The summed E-state index contributed by atoms with van der Waals surface area (Å²) in [5.74, 6) is -1.44. The van der Waals surface area contributed by atoms with Crippen LogP contribution in [0.3, 0.4) is 0 Å². The summed E-state index contributed by atoms with van der Waals surface area (Å²) in [6.07, 6.45) is -0.473. The van der Waals surface area contributed by atoms with Gasteiger partial charge in [0.15, 0.2) is 0 Å². The number of benzene rings is 4. The zero-order chi connectivity index (χ0) is 57.4. The SMILES string of the molecule is CN(C(=O)OC(C)(C)C)[C@@H](CNC(=O)OCc1ccccc1)COC(=O)Nc1cc2cc(F)ccc2cn1.CN(C(=O)OC(C)(C)C)[C@H](CO)CNC(=O)OCc1ccccc1.S.S.[N-]=[N+]=NC(=O)c1cc2cc(F)ccc2cn1. The lowest BCUT2D eigenvalue weighted by Gasteiger charge is -2.30. The van der Waals surface area contributed by atoms with Gasteiger partial charge in [0, 0.05) is 55.3 Å². The first-order chi connectivity index (χ1) is 36.9. The maximum Gasteiger partial charge on any atom is 0.412 e.